The average Bonchev–Trinajstić information content (AvgIpc) is 2.90. The third-order valence-corrected chi connectivity index (χ3v) is 4.86. The lowest BCUT2D eigenvalue weighted by Crippen LogP contribution is -2.23. The first kappa shape index (κ1) is 11.8. The van der Waals surface area contributed by atoms with Gasteiger partial charge in [0.2, 0.25) is 0 Å². The predicted octanol–water partition coefficient (Wildman–Crippen LogP) is 4.13. The van der Waals surface area contributed by atoms with E-state index >= 15 is 0 Å². The molecular formula is C14H20BrNO. The fourth-order valence-corrected chi connectivity index (χ4v) is 4.00. The van der Waals surface area contributed by atoms with E-state index in [2.05, 4.69) is 34.2 Å². The molecule has 3 atom stereocenters. The standard InChI is InChI=1S/C14H20BrNO/c1-2-16-14(11-7-8-12(15)17-11)13-9-5-3-4-6-10(9)13/h7-10,13-14,16H,2-6H2,1H3. The van der Waals surface area contributed by atoms with Crippen molar-refractivity contribution in [3.8, 4) is 0 Å². The second-order valence-electron chi connectivity index (χ2n) is 5.37. The zero-order valence-electron chi connectivity index (χ0n) is 10.3. The van der Waals surface area contributed by atoms with E-state index in [9.17, 15) is 0 Å². The van der Waals surface area contributed by atoms with Crippen LogP contribution in [0.5, 0.6) is 0 Å². The molecule has 0 amide bonds. The molecule has 2 fully saturated rings. The maximum Gasteiger partial charge on any atom is 0.169 e. The van der Waals surface area contributed by atoms with Crippen molar-refractivity contribution in [1.82, 2.24) is 5.32 Å². The SMILES string of the molecule is CCNC(c1ccc(Br)o1)C1C2CCCCC21. The number of halogens is 1. The van der Waals surface area contributed by atoms with Gasteiger partial charge in [-0.05, 0) is 65.2 Å². The number of rotatable bonds is 4. The lowest BCUT2D eigenvalue weighted by atomic mass is 10.0. The minimum absolute atomic E-state index is 0.430. The van der Waals surface area contributed by atoms with Gasteiger partial charge in [0.05, 0.1) is 6.04 Å². The molecule has 1 aromatic rings. The van der Waals surface area contributed by atoms with Crippen molar-refractivity contribution < 1.29 is 4.42 Å². The van der Waals surface area contributed by atoms with Gasteiger partial charge in [-0.1, -0.05) is 19.8 Å². The van der Waals surface area contributed by atoms with Crippen molar-refractivity contribution in [3.63, 3.8) is 0 Å². The molecule has 0 radical (unpaired) electrons. The van der Waals surface area contributed by atoms with Crippen LogP contribution in [0.15, 0.2) is 21.2 Å². The fourth-order valence-electron chi connectivity index (χ4n) is 3.68. The Kier molecular flexibility index (Phi) is 3.31. The monoisotopic (exact) mass is 297 g/mol. The summed E-state index contributed by atoms with van der Waals surface area (Å²) in [7, 11) is 0. The van der Waals surface area contributed by atoms with Gasteiger partial charge in [-0.2, -0.15) is 0 Å². The second kappa shape index (κ2) is 4.77. The molecule has 2 saturated carbocycles. The van der Waals surface area contributed by atoms with Gasteiger partial charge in [0, 0.05) is 0 Å². The van der Waals surface area contributed by atoms with E-state index in [1.807, 2.05) is 6.07 Å². The molecular weight excluding hydrogens is 278 g/mol. The van der Waals surface area contributed by atoms with Crippen molar-refractivity contribution >= 4 is 15.9 Å². The first-order chi connectivity index (χ1) is 8.31. The summed E-state index contributed by atoms with van der Waals surface area (Å²) >= 11 is 3.40. The normalized spacial score (nSPS) is 33.2. The number of nitrogens with one attached hydrogen (secondary N) is 1. The smallest absolute Gasteiger partial charge is 0.169 e. The molecule has 3 rings (SSSR count). The maximum absolute atomic E-state index is 5.76. The average molecular weight is 298 g/mol. The van der Waals surface area contributed by atoms with Crippen molar-refractivity contribution in [1.29, 1.82) is 0 Å². The minimum atomic E-state index is 0.430. The molecule has 1 N–H and O–H groups in total. The Morgan fingerprint density at radius 3 is 2.59 bits per heavy atom. The van der Waals surface area contributed by atoms with Crippen LogP contribution in [0, 0.1) is 17.8 Å². The summed E-state index contributed by atoms with van der Waals surface area (Å²) in [5.41, 5.74) is 0. The Balaban J connectivity index is 1.76. The van der Waals surface area contributed by atoms with E-state index in [4.69, 9.17) is 4.42 Å². The van der Waals surface area contributed by atoms with E-state index in [0.717, 1.165) is 34.7 Å². The first-order valence-corrected chi connectivity index (χ1v) is 7.59. The van der Waals surface area contributed by atoms with Crippen LogP contribution in [0.1, 0.15) is 44.4 Å². The van der Waals surface area contributed by atoms with Gasteiger partial charge in [-0.25, -0.2) is 0 Å². The second-order valence-corrected chi connectivity index (χ2v) is 6.15. The molecule has 3 unspecified atom stereocenters. The Morgan fingerprint density at radius 1 is 1.35 bits per heavy atom. The molecule has 1 heterocycles. The van der Waals surface area contributed by atoms with Crippen molar-refractivity contribution in [2.24, 2.45) is 17.8 Å². The van der Waals surface area contributed by atoms with Crippen LogP contribution in [0.2, 0.25) is 0 Å². The van der Waals surface area contributed by atoms with Crippen molar-refractivity contribution in [2.75, 3.05) is 6.54 Å². The summed E-state index contributed by atoms with van der Waals surface area (Å²) < 4.78 is 6.61. The molecule has 0 aromatic carbocycles. The highest BCUT2D eigenvalue weighted by molar-refractivity contribution is 9.10. The molecule has 2 aliphatic carbocycles. The maximum atomic E-state index is 5.76. The molecule has 94 valence electrons. The third kappa shape index (κ3) is 2.19. The van der Waals surface area contributed by atoms with Gasteiger partial charge in [0.1, 0.15) is 5.76 Å². The van der Waals surface area contributed by atoms with E-state index < -0.39 is 0 Å². The molecule has 3 heteroatoms. The lowest BCUT2D eigenvalue weighted by molar-refractivity contribution is 0.361. The van der Waals surface area contributed by atoms with Gasteiger partial charge < -0.3 is 9.73 Å². The Bertz CT molecular complexity index is 377. The summed E-state index contributed by atoms with van der Waals surface area (Å²) in [6, 6.07) is 4.55. The van der Waals surface area contributed by atoms with Gasteiger partial charge in [0.25, 0.3) is 0 Å². The Morgan fingerprint density at radius 2 is 2.06 bits per heavy atom. The van der Waals surface area contributed by atoms with Gasteiger partial charge in [-0.3, -0.25) is 0 Å². The number of fused-ring (bicyclic) bond motifs is 1. The molecule has 2 nitrogen and oxygen atoms in total. The van der Waals surface area contributed by atoms with Gasteiger partial charge in [-0.15, -0.1) is 0 Å². The minimum Gasteiger partial charge on any atom is -0.453 e. The van der Waals surface area contributed by atoms with E-state index in [-0.39, 0.29) is 0 Å². The molecule has 0 aliphatic heterocycles. The van der Waals surface area contributed by atoms with Gasteiger partial charge >= 0.3 is 0 Å². The number of furan rings is 1. The lowest BCUT2D eigenvalue weighted by Gasteiger charge is -2.15. The quantitative estimate of drug-likeness (QED) is 0.904. The van der Waals surface area contributed by atoms with E-state index in [1.165, 1.54) is 25.7 Å². The van der Waals surface area contributed by atoms with Crippen molar-refractivity contribution in [2.45, 2.75) is 38.6 Å². The third-order valence-electron chi connectivity index (χ3n) is 4.43. The first-order valence-electron chi connectivity index (χ1n) is 6.80. The highest BCUT2D eigenvalue weighted by Gasteiger charge is 2.54. The molecule has 1 aromatic heterocycles. The van der Waals surface area contributed by atoms with Crippen LogP contribution in [-0.2, 0) is 0 Å². The van der Waals surface area contributed by atoms with E-state index in [1.54, 1.807) is 0 Å². The van der Waals surface area contributed by atoms with Gasteiger partial charge in [0.15, 0.2) is 4.67 Å². The summed E-state index contributed by atoms with van der Waals surface area (Å²) in [4.78, 5) is 0. The predicted molar refractivity (Wildman–Crippen MR) is 71.8 cm³/mol. The van der Waals surface area contributed by atoms with Crippen LogP contribution in [0.4, 0.5) is 0 Å². The number of hydrogen-bond acceptors (Lipinski definition) is 2. The molecule has 0 bridgehead atoms. The molecule has 2 aliphatic rings. The molecule has 0 spiro atoms. The number of hydrogen-bond donors (Lipinski definition) is 1. The highest BCUT2D eigenvalue weighted by Crippen LogP contribution is 2.60. The zero-order valence-corrected chi connectivity index (χ0v) is 11.9. The van der Waals surface area contributed by atoms with Crippen LogP contribution in [0.3, 0.4) is 0 Å². The summed E-state index contributed by atoms with van der Waals surface area (Å²) in [6.45, 7) is 3.19. The van der Waals surface area contributed by atoms with E-state index in [0.29, 0.717) is 6.04 Å². The summed E-state index contributed by atoms with van der Waals surface area (Å²) in [6.07, 6.45) is 5.72. The Labute approximate surface area is 111 Å². The van der Waals surface area contributed by atoms with Crippen LogP contribution in [-0.4, -0.2) is 6.54 Å². The summed E-state index contributed by atoms with van der Waals surface area (Å²) in [5, 5.41) is 3.62. The van der Waals surface area contributed by atoms with Crippen molar-refractivity contribution in [3.05, 3.63) is 22.6 Å². The van der Waals surface area contributed by atoms with Crippen LogP contribution < -0.4 is 5.32 Å². The highest BCUT2D eigenvalue weighted by atomic mass is 79.9. The van der Waals surface area contributed by atoms with Crippen LogP contribution in [0.25, 0.3) is 0 Å². The molecule has 0 saturated heterocycles. The molecule has 17 heavy (non-hydrogen) atoms. The topological polar surface area (TPSA) is 25.2 Å². The zero-order chi connectivity index (χ0) is 11.8. The fraction of sp³-hybridized carbons (Fsp3) is 0.714. The van der Waals surface area contributed by atoms with Crippen LogP contribution >= 0.6 is 15.9 Å². The largest absolute Gasteiger partial charge is 0.453 e. The Hall–Kier alpha value is -0.280. The summed E-state index contributed by atoms with van der Waals surface area (Å²) in [5.74, 6) is 3.84.